The summed E-state index contributed by atoms with van der Waals surface area (Å²) in [5.74, 6) is -1.31. The Kier molecular flexibility index (Phi) is 5.30. The zero-order valence-electron chi connectivity index (χ0n) is 8.12. The average molecular weight is 187 g/mol. The summed E-state index contributed by atoms with van der Waals surface area (Å²) in [5, 5.41) is 8.58. The lowest BCUT2D eigenvalue weighted by Crippen LogP contribution is -2.22. The summed E-state index contributed by atoms with van der Waals surface area (Å²) < 4.78 is 0. The Hall–Kier alpha value is -0.900. The van der Waals surface area contributed by atoms with Gasteiger partial charge in [-0.05, 0) is 12.8 Å². The third-order valence-electron chi connectivity index (χ3n) is 2.21. The SMILES string of the molecule is CC(CCC(C)C(=O)CN)C(=O)O. The largest absolute Gasteiger partial charge is 0.481 e. The van der Waals surface area contributed by atoms with E-state index in [4.69, 9.17) is 10.8 Å². The second kappa shape index (κ2) is 5.70. The first-order chi connectivity index (χ1) is 5.99. The number of carboxylic acids is 1. The lowest BCUT2D eigenvalue weighted by molar-refractivity contribution is -0.141. The number of aliphatic carboxylic acids is 1. The summed E-state index contributed by atoms with van der Waals surface area (Å²) in [4.78, 5) is 21.5. The van der Waals surface area contributed by atoms with Crippen LogP contribution in [0.15, 0.2) is 0 Å². The van der Waals surface area contributed by atoms with Gasteiger partial charge in [-0.3, -0.25) is 9.59 Å². The number of carboxylic acid groups (broad SMARTS) is 1. The van der Waals surface area contributed by atoms with Crippen molar-refractivity contribution in [3.8, 4) is 0 Å². The van der Waals surface area contributed by atoms with Gasteiger partial charge in [0.05, 0.1) is 12.5 Å². The molecule has 0 rings (SSSR count). The van der Waals surface area contributed by atoms with Gasteiger partial charge in [0.25, 0.3) is 0 Å². The summed E-state index contributed by atoms with van der Waals surface area (Å²) in [6.45, 7) is 3.47. The number of nitrogens with two attached hydrogens (primary N) is 1. The highest BCUT2D eigenvalue weighted by Gasteiger charge is 2.15. The molecule has 4 heteroatoms. The molecule has 0 aromatic heterocycles. The Bertz CT molecular complexity index is 191. The normalized spacial score (nSPS) is 15.0. The molecule has 0 radical (unpaired) electrons. The van der Waals surface area contributed by atoms with E-state index < -0.39 is 5.97 Å². The number of carbonyl (C=O) groups excluding carboxylic acids is 1. The summed E-state index contributed by atoms with van der Waals surface area (Å²) in [6, 6.07) is 0. The third-order valence-corrected chi connectivity index (χ3v) is 2.21. The molecular weight excluding hydrogens is 170 g/mol. The standard InChI is InChI=1S/C9H17NO3/c1-6(8(11)5-10)3-4-7(2)9(12)13/h6-7H,3-5,10H2,1-2H3,(H,12,13). The molecule has 0 aliphatic carbocycles. The van der Waals surface area contributed by atoms with Crippen molar-refractivity contribution >= 4 is 11.8 Å². The molecule has 76 valence electrons. The summed E-state index contributed by atoms with van der Waals surface area (Å²) in [6.07, 6.45) is 1.13. The highest BCUT2D eigenvalue weighted by Crippen LogP contribution is 2.12. The molecule has 0 aromatic carbocycles. The van der Waals surface area contributed by atoms with Crippen LogP contribution in [0.5, 0.6) is 0 Å². The molecule has 0 fully saturated rings. The second-order valence-electron chi connectivity index (χ2n) is 3.39. The van der Waals surface area contributed by atoms with Crippen molar-refractivity contribution in [3.63, 3.8) is 0 Å². The Balaban J connectivity index is 3.76. The van der Waals surface area contributed by atoms with Crippen LogP contribution in [0.2, 0.25) is 0 Å². The molecule has 4 nitrogen and oxygen atoms in total. The molecule has 13 heavy (non-hydrogen) atoms. The van der Waals surface area contributed by atoms with Gasteiger partial charge >= 0.3 is 5.97 Å². The van der Waals surface area contributed by atoms with Gasteiger partial charge in [0.2, 0.25) is 0 Å². The van der Waals surface area contributed by atoms with E-state index in [0.29, 0.717) is 12.8 Å². The third kappa shape index (κ3) is 4.62. The molecule has 2 unspecified atom stereocenters. The molecule has 0 saturated carbocycles. The molecule has 0 aromatic rings. The quantitative estimate of drug-likeness (QED) is 0.639. The van der Waals surface area contributed by atoms with Crippen LogP contribution in [-0.2, 0) is 9.59 Å². The van der Waals surface area contributed by atoms with Crippen LogP contribution in [0.3, 0.4) is 0 Å². The number of Topliss-reactive ketones (excluding diaryl/α,β-unsaturated/α-hetero) is 1. The number of ketones is 1. The van der Waals surface area contributed by atoms with Gasteiger partial charge < -0.3 is 10.8 Å². The first kappa shape index (κ1) is 12.1. The van der Waals surface area contributed by atoms with Gasteiger partial charge in [-0.2, -0.15) is 0 Å². The monoisotopic (exact) mass is 187 g/mol. The first-order valence-corrected chi connectivity index (χ1v) is 4.44. The van der Waals surface area contributed by atoms with Crippen molar-refractivity contribution in [1.82, 2.24) is 0 Å². The van der Waals surface area contributed by atoms with E-state index >= 15 is 0 Å². The van der Waals surface area contributed by atoms with Crippen LogP contribution in [0.4, 0.5) is 0 Å². The van der Waals surface area contributed by atoms with Crippen LogP contribution in [0, 0.1) is 11.8 Å². The molecule has 0 amide bonds. The van der Waals surface area contributed by atoms with E-state index in [9.17, 15) is 9.59 Å². The molecule has 0 aliphatic heterocycles. The topological polar surface area (TPSA) is 80.4 Å². The van der Waals surface area contributed by atoms with Crippen molar-refractivity contribution < 1.29 is 14.7 Å². The Morgan fingerprint density at radius 2 is 1.69 bits per heavy atom. The second-order valence-corrected chi connectivity index (χ2v) is 3.39. The summed E-state index contributed by atoms with van der Waals surface area (Å²) >= 11 is 0. The molecule has 0 spiro atoms. The van der Waals surface area contributed by atoms with Gasteiger partial charge in [0, 0.05) is 5.92 Å². The van der Waals surface area contributed by atoms with Crippen LogP contribution < -0.4 is 5.73 Å². The Morgan fingerprint density at radius 3 is 2.08 bits per heavy atom. The Labute approximate surface area is 78.1 Å². The first-order valence-electron chi connectivity index (χ1n) is 4.44. The van der Waals surface area contributed by atoms with Crippen LogP contribution in [-0.4, -0.2) is 23.4 Å². The fourth-order valence-electron chi connectivity index (χ4n) is 0.986. The van der Waals surface area contributed by atoms with Crippen molar-refractivity contribution in [2.45, 2.75) is 26.7 Å². The highest BCUT2D eigenvalue weighted by molar-refractivity contribution is 5.82. The maximum absolute atomic E-state index is 11.0. The minimum absolute atomic E-state index is 0.00223. The fraction of sp³-hybridized carbons (Fsp3) is 0.778. The molecule has 0 heterocycles. The average Bonchev–Trinajstić information content (AvgIpc) is 2.11. The zero-order valence-corrected chi connectivity index (χ0v) is 8.12. The van der Waals surface area contributed by atoms with E-state index in [1.807, 2.05) is 0 Å². The molecular formula is C9H17NO3. The van der Waals surface area contributed by atoms with Gasteiger partial charge in [0.15, 0.2) is 0 Å². The minimum Gasteiger partial charge on any atom is -0.481 e. The lowest BCUT2D eigenvalue weighted by atomic mass is 9.95. The van der Waals surface area contributed by atoms with E-state index in [1.165, 1.54) is 0 Å². The van der Waals surface area contributed by atoms with Gasteiger partial charge in [-0.25, -0.2) is 0 Å². The minimum atomic E-state index is -0.813. The number of hydrogen-bond donors (Lipinski definition) is 2. The van der Waals surface area contributed by atoms with E-state index in [-0.39, 0.29) is 24.2 Å². The molecule has 3 N–H and O–H groups in total. The molecule has 0 saturated heterocycles. The smallest absolute Gasteiger partial charge is 0.306 e. The predicted octanol–water partition coefficient (Wildman–Crippen LogP) is 0.651. The van der Waals surface area contributed by atoms with Gasteiger partial charge in [-0.1, -0.05) is 13.8 Å². The lowest BCUT2D eigenvalue weighted by Gasteiger charge is -2.10. The molecule has 0 bridgehead atoms. The van der Waals surface area contributed by atoms with Crippen LogP contribution in [0.25, 0.3) is 0 Å². The fourth-order valence-corrected chi connectivity index (χ4v) is 0.986. The van der Waals surface area contributed by atoms with Crippen molar-refractivity contribution in [2.75, 3.05) is 6.54 Å². The van der Waals surface area contributed by atoms with Crippen LogP contribution >= 0.6 is 0 Å². The predicted molar refractivity (Wildman–Crippen MR) is 49.3 cm³/mol. The van der Waals surface area contributed by atoms with Crippen molar-refractivity contribution in [3.05, 3.63) is 0 Å². The zero-order chi connectivity index (χ0) is 10.4. The highest BCUT2D eigenvalue weighted by atomic mass is 16.4. The number of carbonyl (C=O) groups is 2. The van der Waals surface area contributed by atoms with Crippen LogP contribution in [0.1, 0.15) is 26.7 Å². The van der Waals surface area contributed by atoms with E-state index in [1.54, 1.807) is 13.8 Å². The van der Waals surface area contributed by atoms with Crippen molar-refractivity contribution in [2.24, 2.45) is 17.6 Å². The summed E-state index contributed by atoms with van der Waals surface area (Å²) in [7, 11) is 0. The van der Waals surface area contributed by atoms with Gasteiger partial charge in [0.1, 0.15) is 5.78 Å². The maximum Gasteiger partial charge on any atom is 0.306 e. The molecule has 0 aliphatic rings. The maximum atomic E-state index is 11.0. The van der Waals surface area contributed by atoms with E-state index in [2.05, 4.69) is 0 Å². The summed E-state index contributed by atoms with van der Waals surface area (Å²) in [5.41, 5.74) is 5.17. The number of hydrogen-bond acceptors (Lipinski definition) is 3. The van der Waals surface area contributed by atoms with E-state index in [0.717, 1.165) is 0 Å². The Morgan fingerprint density at radius 1 is 1.23 bits per heavy atom. The molecule has 2 atom stereocenters. The van der Waals surface area contributed by atoms with Gasteiger partial charge in [-0.15, -0.1) is 0 Å². The van der Waals surface area contributed by atoms with Crippen molar-refractivity contribution in [1.29, 1.82) is 0 Å². The number of rotatable bonds is 6.